The van der Waals surface area contributed by atoms with E-state index < -0.39 is 10.0 Å². The van der Waals surface area contributed by atoms with E-state index in [-0.39, 0.29) is 22.7 Å². The quantitative estimate of drug-likeness (QED) is 0.440. The van der Waals surface area contributed by atoms with Gasteiger partial charge in [0, 0.05) is 12.6 Å². The largest absolute Gasteiger partial charge is 0.338 e. The first kappa shape index (κ1) is 21.2. The third-order valence-corrected chi connectivity index (χ3v) is 7.06. The minimum atomic E-state index is -3.70. The summed E-state index contributed by atoms with van der Waals surface area (Å²) in [4.78, 5) is 4.61. The Morgan fingerprint density at radius 3 is 2.29 bits per heavy atom. The summed E-state index contributed by atoms with van der Waals surface area (Å²) in [6.07, 6.45) is 0. The highest BCUT2D eigenvalue weighted by atomic mass is 32.2. The van der Waals surface area contributed by atoms with Crippen LogP contribution in [0.3, 0.4) is 0 Å². The first-order chi connectivity index (χ1) is 14.6. The SMILES string of the molecule is CN(Cc1nc(-c2ccc(C(C)(C)C)cc2)no1)S(=O)(=O)c1ccc2ccccc2c1. The number of rotatable bonds is 5. The molecule has 0 N–H and O–H groups in total. The van der Waals surface area contributed by atoms with Gasteiger partial charge in [0.25, 0.3) is 0 Å². The van der Waals surface area contributed by atoms with Crippen molar-refractivity contribution < 1.29 is 12.9 Å². The molecule has 0 unspecified atom stereocenters. The van der Waals surface area contributed by atoms with Crippen LogP contribution >= 0.6 is 0 Å². The van der Waals surface area contributed by atoms with Crippen LogP contribution in [-0.4, -0.2) is 29.9 Å². The number of aromatic nitrogens is 2. The maximum Gasteiger partial charge on any atom is 0.243 e. The molecule has 3 aromatic carbocycles. The first-order valence-corrected chi connectivity index (χ1v) is 11.5. The lowest BCUT2D eigenvalue weighted by molar-refractivity contribution is 0.337. The molecule has 4 rings (SSSR count). The number of hydrogen-bond donors (Lipinski definition) is 0. The van der Waals surface area contributed by atoms with E-state index in [4.69, 9.17) is 4.52 Å². The molecule has 0 fully saturated rings. The monoisotopic (exact) mass is 435 g/mol. The first-order valence-electron chi connectivity index (χ1n) is 10.0. The van der Waals surface area contributed by atoms with Crippen molar-refractivity contribution in [2.45, 2.75) is 37.6 Å². The highest BCUT2D eigenvalue weighted by Crippen LogP contribution is 2.26. The number of fused-ring (bicyclic) bond motifs is 1. The van der Waals surface area contributed by atoms with Crippen LogP contribution in [-0.2, 0) is 22.0 Å². The zero-order chi connectivity index (χ0) is 22.2. The molecule has 1 heterocycles. The molecular formula is C24H25N3O3S. The fourth-order valence-corrected chi connectivity index (χ4v) is 4.50. The van der Waals surface area contributed by atoms with Crippen molar-refractivity contribution in [3.8, 4) is 11.4 Å². The van der Waals surface area contributed by atoms with Gasteiger partial charge >= 0.3 is 0 Å². The lowest BCUT2D eigenvalue weighted by atomic mass is 9.87. The van der Waals surface area contributed by atoms with Crippen molar-refractivity contribution in [3.63, 3.8) is 0 Å². The van der Waals surface area contributed by atoms with E-state index in [1.165, 1.54) is 16.9 Å². The van der Waals surface area contributed by atoms with Gasteiger partial charge in [-0.05, 0) is 33.9 Å². The zero-order valence-electron chi connectivity index (χ0n) is 18.0. The van der Waals surface area contributed by atoms with Crippen LogP contribution < -0.4 is 0 Å². The standard InChI is InChI=1S/C24H25N3O3S/c1-24(2,3)20-12-9-18(10-13-20)23-25-22(30-26-23)16-27(4)31(28,29)21-14-11-17-7-5-6-8-19(17)15-21/h5-15H,16H2,1-4H3. The fourth-order valence-electron chi connectivity index (χ4n) is 3.34. The average molecular weight is 436 g/mol. The van der Waals surface area contributed by atoms with E-state index in [9.17, 15) is 8.42 Å². The number of nitrogens with zero attached hydrogens (tertiary/aromatic N) is 3. The molecule has 0 saturated carbocycles. The third-order valence-electron chi connectivity index (χ3n) is 5.26. The molecule has 0 aliphatic rings. The summed E-state index contributed by atoms with van der Waals surface area (Å²) in [5.41, 5.74) is 2.09. The predicted octanol–water partition coefficient (Wildman–Crippen LogP) is 5.01. The molecule has 0 saturated heterocycles. The van der Waals surface area contributed by atoms with Crippen molar-refractivity contribution in [2.24, 2.45) is 0 Å². The van der Waals surface area contributed by atoms with Crippen LogP contribution in [0.4, 0.5) is 0 Å². The van der Waals surface area contributed by atoms with E-state index in [1.54, 1.807) is 12.1 Å². The van der Waals surface area contributed by atoms with Crippen LogP contribution in [0.15, 0.2) is 76.1 Å². The third kappa shape index (κ3) is 4.38. The van der Waals surface area contributed by atoms with E-state index in [0.717, 1.165) is 16.3 Å². The molecule has 6 nitrogen and oxygen atoms in total. The van der Waals surface area contributed by atoms with E-state index in [1.807, 2.05) is 54.6 Å². The smallest absolute Gasteiger partial charge is 0.243 e. The average Bonchev–Trinajstić information content (AvgIpc) is 3.21. The highest BCUT2D eigenvalue weighted by Gasteiger charge is 2.24. The number of benzene rings is 3. The van der Waals surface area contributed by atoms with E-state index >= 15 is 0 Å². The van der Waals surface area contributed by atoms with Crippen LogP contribution in [0, 0.1) is 0 Å². The van der Waals surface area contributed by atoms with Gasteiger partial charge in [-0.25, -0.2) is 8.42 Å². The minimum absolute atomic E-state index is 0.0117. The van der Waals surface area contributed by atoms with Crippen molar-refractivity contribution >= 4 is 20.8 Å². The summed E-state index contributed by atoms with van der Waals surface area (Å²) in [7, 11) is -2.19. The molecule has 0 spiro atoms. The molecule has 0 aliphatic heterocycles. The normalized spacial score (nSPS) is 12.5. The molecule has 0 atom stereocenters. The number of sulfonamides is 1. The van der Waals surface area contributed by atoms with Crippen LogP contribution in [0.1, 0.15) is 32.2 Å². The summed E-state index contributed by atoms with van der Waals surface area (Å²) < 4.78 is 32.6. The summed E-state index contributed by atoms with van der Waals surface area (Å²) >= 11 is 0. The molecular weight excluding hydrogens is 410 g/mol. The summed E-state index contributed by atoms with van der Waals surface area (Å²) in [6, 6.07) is 20.7. The molecule has 0 amide bonds. The Kier molecular flexibility index (Phi) is 5.41. The maximum absolute atomic E-state index is 13.0. The topological polar surface area (TPSA) is 76.3 Å². The van der Waals surface area contributed by atoms with Gasteiger partial charge in [0.1, 0.15) is 0 Å². The predicted molar refractivity (Wildman–Crippen MR) is 121 cm³/mol. The Morgan fingerprint density at radius 2 is 1.61 bits per heavy atom. The second-order valence-corrected chi connectivity index (χ2v) is 10.7. The van der Waals surface area contributed by atoms with E-state index in [0.29, 0.717) is 5.82 Å². The van der Waals surface area contributed by atoms with Gasteiger partial charge in [0.05, 0.1) is 11.4 Å². The second-order valence-electron chi connectivity index (χ2n) is 8.61. The molecule has 0 bridgehead atoms. The van der Waals surface area contributed by atoms with E-state index in [2.05, 4.69) is 30.9 Å². The molecule has 7 heteroatoms. The molecule has 4 aromatic rings. The highest BCUT2D eigenvalue weighted by molar-refractivity contribution is 7.89. The van der Waals surface area contributed by atoms with Crippen molar-refractivity contribution in [1.82, 2.24) is 14.4 Å². The van der Waals surface area contributed by atoms with Gasteiger partial charge in [0.15, 0.2) is 0 Å². The zero-order valence-corrected chi connectivity index (χ0v) is 18.8. The lowest BCUT2D eigenvalue weighted by Crippen LogP contribution is -2.26. The second kappa shape index (κ2) is 7.90. The molecule has 0 radical (unpaired) electrons. The Balaban J connectivity index is 1.53. The van der Waals surface area contributed by atoms with Crippen molar-refractivity contribution in [3.05, 3.63) is 78.2 Å². The van der Waals surface area contributed by atoms with Gasteiger partial charge in [-0.1, -0.05) is 80.5 Å². The van der Waals surface area contributed by atoms with Gasteiger partial charge < -0.3 is 4.52 Å². The van der Waals surface area contributed by atoms with Gasteiger partial charge in [0.2, 0.25) is 21.7 Å². The molecule has 1 aromatic heterocycles. The van der Waals surface area contributed by atoms with Crippen LogP contribution in [0.25, 0.3) is 22.2 Å². The fraction of sp³-hybridized carbons (Fsp3) is 0.250. The minimum Gasteiger partial charge on any atom is -0.338 e. The van der Waals surface area contributed by atoms with Crippen molar-refractivity contribution in [1.29, 1.82) is 0 Å². The summed E-state index contributed by atoms with van der Waals surface area (Å²) in [5, 5.41) is 5.88. The van der Waals surface area contributed by atoms with Crippen LogP contribution in [0.2, 0.25) is 0 Å². The van der Waals surface area contributed by atoms with Gasteiger partial charge in [-0.3, -0.25) is 0 Å². The Hall–Kier alpha value is -3.03. The van der Waals surface area contributed by atoms with Gasteiger partial charge in [-0.15, -0.1) is 0 Å². The number of hydrogen-bond acceptors (Lipinski definition) is 5. The molecule has 0 aliphatic carbocycles. The van der Waals surface area contributed by atoms with Crippen molar-refractivity contribution in [2.75, 3.05) is 7.05 Å². The Bertz CT molecular complexity index is 1320. The Labute approximate surface area is 182 Å². The molecule has 31 heavy (non-hydrogen) atoms. The Morgan fingerprint density at radius 1 is 0.935 bits per heavy atom. The maximum atomic E-state index is 13.0. The summed E-state index contributed by atoms with van der Waals surface area (Å²) in [5.74, 6) is 0.675. The van der Waals surface area contributed by atoms with Crippen LogP contribution in [0.5, 0.6) is 0 Å². The lowest BCUT2D eigenvalue weighted by Gasteiger charge is -2.18. The van der Waals surface area contributed by atoms with Gasteiger partial charge in [-0.2, -0.15) is 9.29 Å². The molecule has 160 valence electrons. The summed E-state index contributed by atoms with van der Waals surface area (Å²) in [6.45, 7) is 6.45.